The van der Waals surface area contributed by atoms with Crippen molar-refractivity contribution in [1.82, 2.24) is 9.80 Å². The van der Waals surface area contributed by atoms with Gasteiger partial charge < -0.3 is 23.6 Å². The molecule has 13 heavy (non-hydrogen) atoms. The van der Waals surface area contributed by atoms with E-state index in [9.17, 15) is 0 Å². The van der Waals surface area contributed by atoms with E-state index in [0.29, 0.717) is 0 Å². The summed E-state index contributed by atoms with van der Waals surface area (Å²) in [6, 6.07) is 0. The zero-order valence-corrected chi connectivity index (χ0v) is 10.4. The Morgan fingerprint density at radius 3 is 1.00 bits per heavy atom. The van der Waals surface area contributed by atoms with Crippen LogP contribution in [0.1, 0.15) is 12.8 Å². The van der Waals surface area contributed by atoms with E-state index >= 15 is 0 Å². The van der Waals surface area contributed by atoms with Crippen LogP contribution in [0.4, 0.5) is 0 Å². The first-order chi connectivity index (χ1) is 5.54. The zero-order valence-electron chi connectivity index (χ0n) is 9.45. The average Bonchev–Trinajstić information content (AvgIpc) is 1.87. The van der Waals surface area contributed by atoms with Crippen molar-refractivity contribution in [1.29, 1.82) is 0 Å². The molecule has 0 N–H and O–H groups in total. The van der Waals surface area contributed by atoms with Crippen LogP contribution in [0.15, 0.2) is 0 Å². The first-order valence-corrected chi connectivity index (χ1v) is 4.42. The van der Waals surface area contributed by atoms with Crippen molar-refractivity contribution in [2.24, 2.45) is 0 Å². The van der Waals surface area contributed by atoms with Crippen molar-refractivity contribution in [2.45, 2.75) is 12.8 Å². The van der Waals surface area contributed by atoms with E-state index in [2.05, 4.69) is 23.6 Å². The molecular weight excluding hydrogens is 207 g/mol. The first kappa shape index (κ1) is 19.1. The quantitative estimate of drug-likeness (QED) is 0.534. The minimum Gasteiger partial charge on any atom is -0.342 e. The summed E-state index contributed by atoms with van der Waals surface area (Å²) in [7, 11) is 8.19. The third-order valence-electron chi connectivity index (χ3n) is 1.21. The Bertz CT molecular complexity index is 65.3. The summed E-state index contributed by atoms with van der Waals surface area (Å²) in [6.07, 6.45) is 2.01. The smallest absolute Gasteiger partial charge is 0.342 e. The molecule has 0 unspecified atom stereocenters. The van der Waals surface area contributed by atoms with E-state index in [1.165, 1.54) is 0 Å². The molecule has 0 saturated heterocycles. The molecule has 0 aromatic heterocycles. The number of hydrogen-bond donors (Lipinski definition) is 0. The average molecular weight is 231 g/mol. The fraction of sp³-hybridized carbons (Fsp3) is 0.800. The van der Waals surface area contributed by atoms with Gasteiger partial charge in [-0.15, -0.1) is 0 Å². The maximum atomic E-state index is 3.68. The van der Waals surface area contributed by atoms with Crippen LogP contribution >= 0.6 is 0 Å². The molecule has 0 amide bonds. The van der Waals surface area contributed by atoms with Crippen molar-refractivity contribution < 1.29 is 16.5 Å². The molecule has 0 aliphatic heterocycles. The van der Waals surface area contributed by atoms with Crippen LogP contribution in [0.5, 0.6) is 0 Å². The minimum atomic E-state index is 0. The van der Waals surface area contributed by atoms with Crippen LogP contribution < -0.4 is 0 Å². The summed E-state index contributed by atoms with van der Waals surface area (Å²) < 4.78 is 0. The molecule has 0 aromatic rings. The molecule has 0 bridgehead atoms. The molecule has 84 valence electrons. The maximum absolute atomic E-state index is 3.68. The SMILES string of the molecule is [CH2-]CCN(C)C.[CH2-]CCN(C)C.[Ni+2]. The third kappa shape index (κ3) is 32.7. The molecule has 0 radical (unpaired) electrons. The van der Waals surface area contributed by atoms with Crippen LogP contribution in [0, 0.1) is 13.8 Å². The van der Waals surface area contributed by atoms with E-state index in [-0.39, 0.29) is 16.5 Å². The van der Waals surface area contributed by atoms with E-state index in [1.54, 1.807) is 0 Å². The van der Waals surface area contributed by atoms with Crippen molar-refractivity contribution in [3.05, 3.63) is 13.8 Å². The van der Waals surface area contributed by atoms with Gasteiger partial charge in [-0.3, -0.25) is 0 Å². The summed E-state index contributed by atoms with van der Waals surface area (Å²) >= 11 is 0. The Kier molecular flexibility index (Phi) is 21.9. The van der Waals surface area contributed by atoms with Gasteiger partial charge in [0.15, 0.2) is 0 Å². The van der Waals surface area contributed by atoms with Crippen molar-refractivity contribution >= 4 is 0 Å². The van der Waals surface area contributed by atoms with Gasteiger partial charge in [-0.2, -0.15) is 12.8 Å². The second kappa shape index (κ2) is 14.9. The molecule has 0 atom stereocenters. The van der Waals surface area contributed by atoms with Gasteiger partial charge in [0.1, 0.15) is 0 Å². The normalized spacial score (nSPS) is 9.23. The van der Waals surface area contributed by atoms with Gasteiger partial charge in [0, 0.05) is 0 Å². The fourth-order valence-electron chi connectivity index (χ4n) is 0.632. The minimum absolute atomic E-state index is 0. The largest absolute Gasteiger partial charge is 2.00 e. The molecule has 3 heteroatoms. The van der Waals surface area contributed by atoms with E-state index in [4.69, 9.17) is 0 Å². The van der Waals surface area contributed by atoms with Gasteiger partial charge in [-0.1, -0.05) is 0 Å². The van der Waals surface area contributed by atoms with Crippen molar-refractivity contribution in [2.75, 3.05) is 41.3 Å². The molecule has 2 nitrogen and oxygen atoms in total. The van der Waals surface area contributed by atoms with Crippen LogP contribution in [0.3, 0.4) is 0 Å². The van der Waals surface area contributed by atoms with Crippen LogP contribution in [-0.4, -0.2) is 51.1 Å². The van der Waals surface area contributed by atoms with E-state index in [1.807, 2.05) is 28.2 Å². The molecule has 0 saturated carbocycles. The van der Waals surface area contributed by atoms with Gasteiger partial charge in [0.25, 0.3) is 0 Å². The number of hydrogen-bond acceptors (Lipinski definition) is 2. The molecule has 0 spiro atoms. The predicted octanol–water partition coefficient (Wildman–Crippen LogP) is 1.54. The van der Waals surface area contributed by atoms with Crippen LogP contribution in [-0.2, 0) is 16.5 Å². The molecule has 0 fully saturated rings. The molecular formula is C10H24N2Ni. The summed E-state index contributed by atoms with van der Waals surface area (Å²) in [4.78, 5) is 4.24. The van der Waals surface area contributed by atoms with Gasteiger partial charge in [0.05, 0.1) is 0 Å². The topological polar surface area (TPSA) is 6.48 Å². The third-order valence-corrected chi connectivity index (χ3v) is 1.21. The number of nitrogens with zero attached hydrogens (tertiary/aromatic N) is 2. The number of rotatable bonds is 4. The fourth-order valence-corrected chi connectivity index (χ4v) is 0.632. The maximum Gasteiger partial charge on any atom is 2.00 e. The second-order valence-corrected chi connectivity index (χ2v) is 3.31. The Morgan fingerprint density at radius 2 is 1.00 bits per heavy atom. The van der Waals surface area contributed by atoms with Gasteiger partial charge in [0.2, 0.25) is 0 Å². The molecule has 0 rings (SSSR count). The summed E-state index contributed by atoms with van der Waals surface area (Å²) in [5, 5.41) is 0. The Hall–Kier alpha value is 0.414. The molecule has 0 aliphatic carbocycles. The van der Waals surface area contributed by atoms with Crippen LogP contribution in [0.2, 0.25) is 0 Å². The Morgan fingerprint density at radius 1 is 0.769 bits per heavy atom. The van der Waals surface area contributed by atoms with Crippen molar-refractivity contribution in [3.63, 3.8) is 0 Å². The molecule has 0 aliphatic rings. The zero-order chi connectivity index (χ0) is 9.98. The summed E-state index contributed by atoms with van der Waals surface area (Å²) in [5.41, 5.74) is 0. The first-order valence-electron chi connectivity index (χ1n) is 4.42. The van der Waals surface area contributed by atoms with E-state index in [0.717, 1.165) is 25.9 Å². The standard InChI is InChI=1S/2C5H12N.Ni/c2*1-4-5-6(2)3;/h2*1,4-5H2,2-3H3;/q2*-1;+2. The Labute approximate surface area is 94.6 Å². The Balaban J connectivity index is -0.000000143. The monoisotopic (exact) mass is 230 g/mol. The van der Waals surface area contributed by atoms with Gasteiger partial charge >= 0.3 is 16.5 Å². The summed E-state index contributed by atoms with van der Waals surface area (Å²) in [5.74, 6) is 0. The van der Waals surface area contributed by atoms with E-state index < -0.39 is 0 Å². The molecule has 0 heterocycles. The molecule has 0 aromatic carbocycles. The van der Waals surface area contributed by atoms with Gasteiger partial charge in [-0.25, -0.2) is 0 Å². The second-order valence-electron chi connectivity index (χ2n) is 3.31. The van der Waals surface area contributed by atoms with Gasteiger partial charge in [-0.05, 0) is 41.3 Å². The van der Waals surface area contributed by atoms with Crippen LogP contribution in [0.25, 0.3) is 0 Å². The summed E-state index contributed by atoms with van der Waals surface area (Å²) in [6.45, 7) is 9.56. The van der Waals surface area contributed by atoms with Crippen molar-refractivity contribution in [3.8, 4) is 0 Å². The predicted molar refractivity (Wildman–Crippen MR) is 57.1 cm³/mol.